The molecule has 0 aromatic carbocycles. The number of pyridine rings is 1. The Balaban J connectivity index is 2.17. The second-order valence-electron chi connectivity index (χ2n) is 4.95. The van der Waals surface area contributed by atoms with Crippen molar-refractivity contribution < 1.29 is 8.42 Å². The summed E-state index contributed by atoms with van der Waals surface area (Å²) < 4.78 is 26.4. The maximum atomic E-state index is 12.5. The van der Waals surface area contributed by atoms with Crippen LogP contribution in [-0.4, -0.2) is 54.8 Å². The Morgan fingerprint density at radius 2 is 1.89 bits per heavy atom. The summed E-state index contributed by atoms with van der Waals surface area (Å²) in [4.78, 5) is 6.22. The number of piperazine rings is 1. The molecule has 0 unspecified atom stereocenters. The first-order valence-electron chi connectivity index (χ1n) is 6.36. The van der Waals surface area contributed by atoms with Crippen molar-refractivity contribution >= 4 is 15.7 Å². The summed E-state index contributed by atoms with van der Waals surface area (Å²) in [7, 11) is -3.52. The third-order valence-electron chi connectivity index (χ3n) is 3.44. The summed E-state index contributed by atoms with van der Waals surface area (Å²) >= 11 is 0. The zero-order valence-electron chi connectivity index (χ0n) is 11.3. The maximum Gasteiger partial charge on any atom is 0.246 e. The molecule has 1 saturated heterocycles. The van der Waals surface area contributed by atoms with E-state index in [2.05, 4.69) is 23.7 Å². The van der Waals surface area contributed by atoms with E-state index in [0.717, 1.165) is 13.1 Å². The molecule has 19 heavy (non-hydrogen) atoms. The topological polar surface area (TPSA) is 79.5 Å². The van der Waals surface area contributed by atoms with Gasteiger partial charge in [0.1, 0.15) is 4.90 Å². The SMILES string of the molecule is CC(C)N1CCN(S(=O)(=O)c2cnccc2N)CC1. The van der Waals surface area contributed by atoms with Gasteiger partial charge in [-0.2, -0.15) is 4.31 Å². The largest absolute Gasteiger partial charge is 0.398 e. The van der Waals surface area contributed by atoms with Crippen molar-refractivity contribution in [1.29, 1.82) is 0 Å². The molecule has 0 radical (unpaired) electrons. The highest BCUT2D eigenvalue weighted by molar-refractivity contribution is 7.89. The van der Waals surface area contributed by atoms with Crippen molar-refractivity contribution in [3.8, 4) is 0 Å². The minimum Gasteiger partial charge on any atom is -0.398 e. The quantitative estimate of drug-likeness (QED) is 0.868. The first-order chi connectivity index (χ1) is 8.93. The number of nitrogens with zero attached hydrogens (tertiary/aromatic N) is 3. The average molecular weight is 284 g/mol. The van der Waals surface area contributed by atoms with E-state index in [1.54, 1.807) is 0 Å². The molecule has 7 heteroatoms. The van der Waals surface area contributed by atoms with Crippen LogP contribution in [0.2, 0.25) is 0 Å². The number of sulfonamides is 1. The Kier molecular flexibility index (Phi) is 4.07. The van der Waals surface area contributed by atoms with Crippen molar-refractivity contribution in [3.63, 3.8) is 0 Å². The number of aromatic nitrogens is 1. The fourth-order valence-corrected chi connectivity index (χ4v) is 3.69. The molecular formula is C12H20N4O2S. The zero-order valence-corrected chi connectivity index (χ0v) is 12.1. The lowest BCUT2D eigenvalue weighted by atomic mass is 10.3. The van der Waals surface area contributed by atoms with E-state index in [-0.39, 0.29) is 10.6 Å². The van der Waals surface area contributed by atoms with Crippen molar-refractivity contribution in [1.82, 2.24) is 14.2 Å². The monoisotopic (exact) mass is 284 g/mol. The van der Waals surface area contributed by atoms with Crippen LogP contribution in [0.1, 0.15) is 13.8 Å². The predicted molar refractivity (Wildman–Crippen MR) is 74.1 cm³/mol. The molecule has 0 amide bonds. The Morgan fingerprint density at radius 1 is 1.26 bits per heavy atom. The van der Waals surface area contributed by atoms with E-state index in [4.69, 9.17) is 5.73 Å². The van der Waals surface area contributed by atoms with Gasteiger partial charge in [0.2, 0.25) is 10.0 Å². The summed E-state index contributed by atoms with van der Waals surface area (Å²) in [5, 5.41) is 0. The van der Waals surface area contributed by atoms with Gasteiger partial charge >= 0.3 is 0 Å². The van der Waals surface area contributed by atoms with Gasteiger partial charge in [-0.15, -0.1) is 0 Å². The molecule has 6 nitrogen and oxygen atoms in total. The molecular weight excluding hydrogens is 264 g/mol. The molecule has 1 aromatic heterocycles. The number of hydrogen-bond donors (Lipinski definition) is 1. The Hall–Kier alpha value is -1.18. The van der Waals surface area contributed by atoms with Crippen LogP contribution in [0.5, 0.6) is 0 Å². The normalized spacial score (nSPS) is 18.9. The summed E-state index contributed by atoms with van der Waals surface area (Å²) in [6.07, 6.45) is 2.81. The molecule has 0 aliphatic carbocycles. The third-order valence-corrected chi connectivity index (χ3v) is 5.38. The fraction of sp³-hybridized carbons (Fsp3) is 0.583. The molecule has 0 bridgehead atoms. The van der Waals surface area contributed by atoms with Crippen LogP contribution in [0.4, 0.5) is 5.69 Å². The van der Waals surface area contributed by atoms with Gasteiger partial charge in [0, 0.05) is 44.6 Å². The van der Waals surface area contributed by atoms with Crippen LogP contribution in [0, 0.1) is 0 Å². The summed E-state index contributed by atoms with van der Waals surface area (Å²) in [6.45, 7) is 6.71. The van der Waals surface area contributed by atoms with E-state index >= 15 is 0 Å². The van der Waals surface area contributed by atoms with E-state index < -0.39 is 10.0 Å². The average Bonchev–Trinajstić information content (AvgIpc) is 2.39. The number of rotatable bonds is 3. The van der Waals surface area contributed by atoms with Crippen LogP contribution < -0.4 is 5.73 Å². The lowest BCUT2D eigenvalue weighted by Gasteiger charge is -2.36. The highest BCUT2D eigenvalue weighted by Gasteiger charge is 2.30. The first kappa shape index (κ1) is 14.2. The van der Waals surface area contributed by atoms with Crippen LogP contribution in [0.15, 0.2) is 23.4 Å². The highest BCUT2D eigenvalue weighted by Crippen LogP contribution is 2.22. The van der Waals surface area contributed by atoms with Gasteiger partial charge < -0.3 is 5.73 Å². The summed E-state index contributed by atoms with van der Waals surface area (Å²) in [5.74, 6) is 0. The summed E-state index contributed by atoms with van der Waals surface area (Å²) in [5.41, 5.74) is 5.98. The van der Waals surface area contributed by atoms with Gasteiger partial charge in [-0.05, 0) is 19.9 Å². The van der Waals surface area contributed by atoms with Gasteiger partial charge in [0.25, 0.3) is 0 Å². The van der Waals surface area contributed by atoms with Crippen LogP contribution in [-0.2, 0) is 10.0 Å². The second kappa shape index (κ2) is 5.44. The molecule has 1 aromatic rings. The highest BCUT2D eigenvalue weighted by atomic mass is 32.2. The van der Waals surface area contributed by atoms with Crippen LogP contribution in [0.25, 0.3) is 0 Å². The Labute approximate surface area is 114 Å². The van der Waals surface area contributed by atoms with Gasteiger partial charge in [-0.1, -0.05) is 0 Å². The standard InChI is InChI=1S/C12H20N4O2S/c1-10(2)15-5-7-16(8-6-15)19(17,18)12-9-14-4-3-11(12)13/h3-4,9-10H,5-8H2,1-2H3,(H2,13,14). The van der Waals surface area contributed by atoms with Crippen molar-refractivity contribution in [2.24, 2.45) is 0 Å². The maximum absolute atomic E-state index is 12.5. The smallest absolute Gasteiger partial charge is 0.246 e. The van der Waals surface area contributed by atoms with Gasteiger partial charge in [-0.25, -0.2) is 8.42 Å². The molecule has 0 atom stereocenters. The molecule has 1 aliphatic rings. The molecule has 1 aliphatic heterocycles. The second-order valence-corrected chi connectivity index (χ2v) is 6.85. The van der Waals surface area contributed by atoms with E-state index in [1.165, 1.54) is 22.8 Å². The molecule has 0 saturated carbocycles. The van der Waals surface area contributed by atoms with Gasteiger partial charge in [0.15, 0.2) is 0 Å². The van der Waals surface area contributed by atoms with Crippen molar-refractivity contribution in [3.05, 3.63) is 18.5 Å². The van der Waals surface area contributed by atoms with Crippen molar-refractivity contribution in [2.45, 2.75) is 24.8 Å². The fourth-order valence-electron chi connectivity index (χ4n) is 2.21. The molecule has 2 heterocycles. The number of anilines is 1. The van der Waals surface area contributed by atoms with Crippen LogP contribution in [0.3, 0.4) is 0 Å². The third kappa shape index (κ3) is 2.88. The molecule has 2 rings (SSSR count). The number of hydrogen-bond acceptors (Lipinski definition) is 5. The molecule has 0 spiro atoms. The van der Waals surface area contributed by atoms with Crippen molar-refractivity contribution in [2.75, 3.05) is 31.9 Å². The van der Waals surface area contributed by atoms with E-state index in [9.17, 15) is 8.42 Å². The lowest BCUT2D eigenvalue weighted by Crippen LogP contribution is -2.50. The molecule has 1 fully saturated rings. The van der Waals surface area contributed by atoms with E-state index in [0.29, 0.717) is 19.1 Å². The minimum atomic E-state index is -3.52. The van der Waals surface area contributed by atoms with E-state index in [1.807, 2.05) is 0 Å². The minimum absolute atomic E-state index is 0.105. The lowest BCUT2D eigenvalue weighted by molar-refractivity contribution is 0.154. The van der Waals surface area contributed by atoms with Crippen LogP contribution >= 0.6 is 0 Å². The number of nitrogens with two attached hydrogens (primary N) is 1. The van der Waals surface area contributed by atoms with Gasteiger partial charge in [-0.3, -0.25) is 9.88 Å². The Morgan fingerprint density at radius 3 is 2.42 bits per heavy atom. The molecule has 106 valence electrons. The number of nitrogen functional groups attached to an aromatic ring is 1. The van der Waals surface area contributed by atoms with Gasteiger partial charge in [0.05, 0.1) is 5.69 Å². The summed E-state index contributed by atoms with van der Waals surface area (Å²) in [6, 6.07) is 1.95. The zero-order chi connectivity index (χ0) is 14.0. The first-order valence-corrected chi connectivity index (χ1v) is 7.80. The Bertz CT molecular complexity index is 536. The predicted octanol–water partition coefficient (Wildman–Crippen LogP) is 0.378. The molecule has 2 N–H and O–H groups in total.